The molecule has 1 fully saturated rings. The van der Waals surface area contributed by atoms with Crippen molar-refractivity contribution in [1.82, 2.24) is 4.90 Å². The number of para-hydroxylation sites is 1. The molecule has 0 radical (unpaired) electrons. The molecular weight excluding hydrogens is 288 g/mol. The maximum atomic E-state index is 12.4. The maximum absolute atomic E-state index is 12.4. The minimum absolute atomic E-state index is 0.0731. The van der Waals surface area contributed by atoms with Gasteiger partial charge in [0, 0.05) is 18.3 Å². The lowest BCUT2D eigenvalue weighted by Gasteiger charge is -2.27. The summed E-state index contributed by atoms with van der Waals surface area (Å²) in [4.78, 5) is 14.1. The molecule has 1 aliphatic rings. The summed E-state index contributed by atoms with van der Waals surface area (Å²) in [6, 6.07) is 7.23. The van der Waals surface area contributed by atoms with Crippen molar-refractivity contribution < 1.29 is 13.2 Å². The van der Waals surface area contributed by atoms with Gasteiger partial charge in [0.15, 0.2) is 9.84 Å². The summed E-state index contributed by atoms with van der Waals surface area (Å²) in [5.41, 5.74) is 1.87. The van der Waals surface area contributed by atoms with Crippen LogP contribution in [-0.2, 0) is 16.3 Å². The van der Waals surface area contributed by atoms with E-state index in [0.717, 1.165) is 17.7 Å². The second kappa shape index (κ2) is 6.47. The minimum atomic E-state index is -2.99. The van der Waals surface area contributed by atoms with Crippen molar-refractivity contribution in [1.29, 1.82) is 0 Å². The lowest BCUT2D eigenvalue weighted by Crippen LogP contribution is -2.43. The van der Waals surface area contributed by atoms with E-state index in [9.17, 15) is 13.2 Å². The smallest absolute Gasteiger partial charge is 0.321 e. The topological polar surface area (TPSA) is 66.5 Å². The third-order valence-corrected chi connectivity index (χ3v) is 5.64. The molecule has 21 heavy (non-hydrogen) atoms. The van der Waals surface area contributed by atoms with E-state index in [2.05, 4.69) is 5.32 Å². The van der Waals surface area contributed by atoms with Gasteiger partial charge in [0.25, 0.3) is 0 Å². The molecule has 1 saturated heterocycles. The Balaban J connectivity index is 2.11. The number of hydrogen-bond acceptors (Lipinski definition) is 3. The molecule has 2 amide bonds. The van der Waals surface area contributed by atoms with Gasteiger partial charge in [-0.2, -0.15) is 0 Å². The Bertz CT molecular complexity index is 613. The van der Waals surface area contributed by atoms with E-state index in [1.165, 1.54) is 0 Å². The second-order valence-electron chi connectivity index (χ2n) is 5.28. The number of anilines is 1. The number of hydrogen-bond donors (Lipinski definition) is 1. The van der Waals surface area contributed by atoms with Crippen LogP contribution in [0.2, 0.25) is 0 Å². The molecule has 1 atom stereocenters. The average Bonchev–Trinajstić information content (AvgIpc) is 2.80. The number of nitrogens with one attached hydrogen (secondary N) is 1. The van der Waals surface area contributed by atoms with Gasteiger partial charge >= 0.3 is 6.03 Å². The molecular formula is C15H22N2O3S. The van der Waals surface area contributed by atoms with Crippen LogP contribution in [0.25, 0.3) is 0 Å². The maximum Gasteiger partial charge on any atom is 0.322 e. The summed E-state index contributed by atoms with van der Waals surface area (Å²) in [6.45, 7) is 4.41. The van der Waals surface area contributed by atoms with E-state index in [0.29, 0.717) is 13.0 Å². The van der Waals surface area contributed by atoms with Crippen molar-refractivity contribution in [3.63, 3.8) is 0 Å². The van der Waals surface area contributed by atoms with Gasteiger partial charge in [-0.3, -0.25) is 0 Å². The van der Waals surface area contributed by atoms with Gasteiger partial charge in [0.05, 0.1) is 11.5 Å². The summed E-state index contributed by atoms with van der Waals surface area (Å²) < 4.78 is 23.2. The molecule has 6 heteroatoms. The lowest BCUT2D eigenvalue weighted by molar-refractivity contribution is 0.197. The van der Waals surface area contributed by atoms with Gasteiger partial charge < -0.3 is 10.2 Å². The van der Waals surface area contributed by atoms with E-state index >= 15 is 0 Å². The highest BCUT2D eigenvalue weighted by Crippen LogP contribution is 2.20. The van der Waals surface area contributed by atoms with E-state index in [4.69, 9.17) is 0 Å². The van der Waals surface area contributed by atoms with E-state index in [1.54, 1.807) is 4.90 Å². The number of rotatable bonds is 4. The van der Waals surface area contributed by atoms with Crippen LogP contribution in [0.1, 0.15) is 25.8 Å². The van der Waals surface area contributed by atoms with Gasteiger partial charge in [-0.15, -0.1) is 0 Å². The van der Waals surface area contributed by atoms with Crippen molar-refractivity contribution in [2.45, 2.75) is 32.7 Å². The van der Waals surface area contributed by atoms with Gasteiger partial charge in [-0.05, 0) is 31.4 Å². The van der Waals surface area contributed by atoms with E-state index < -0.39 is 9.84 Å². The Hall–Kier alpha value is -1.56. The number of benzene rings is 1. The lowest BCUT2D eigenvalue weighted by atomic mass is 10.1. The molecule has 0 spiro atoms. The van der Waals surface area contributed by atoms with Crippen molar-refractivity contribution in [3.8, 4) is 0 Å². The number of nitrogens with zero attached hydrogens (tertiary/aromatic N) is 1. The first-order chi connectivity index (χ1) is 9.96. The van der Waals surface area contributed by atoms with E-state index in [-0.39, 0.29) is 23.6 Å². The Morgan fingerprint density at radius 3 is 2.62 bits per heavy atom. The standard InChI is InChI=1S/C15H22N2O3S/c1-3-12-7-5-6-8-14(12)16-15(18)17(4-2)13-9-10-21(19,20)11-13/h5-8,13H,3-4,9-11H2,1-2H3,(H,16,18). The molecule has 1 N–H and O–H groups in total. The zero-order valence-electron chi connectivity index (χ0n) is 12.5. The zero-order valence-corrected chi connectivity index (χ0v) is 13.3. The van der Waals surface area contributed by atoms with Crippen LogP contribution in [0.15, 0.2) is 24.3 Å². The first kappa shape index (κ1) is 15.8. The molecule has 0 saturated carbocycles. The van der Waals surface area contributed by atoms with Crippen LogP contribution in [0.5, 0.6) is 0 Å². The van der Waals surface area contributed by atoms with Crippen LogP contribution >= 0.6 is 0 Å². The molecule has 0 bridgehead atoms. The molecule has 1 unspecified atom stereocenters. The van der Waals surface area contributed by atoms with Crippen molar-refractivity contribution in [2.75, 3.05) is 23.4 Å². The quantitative estimate of drug-likeness (QED) is 0.928. The Morgan fingerprint density at radius 2 is 2.05 bits per heavy atom. The SMILES string of the molecule is CCc1ccccc1NC(=O)N(CC)C1CCS(=O)(=O)C1. The summed E-state index contributed by atoms with van der Waals surface area (Å²) in [7, 11) is -2.99. The molecule has 0 aliphatic carbocycles. The number of amides is 2. The predicted molar refractivity (Wildman–Crippen MR) is 84.3 cm³/mol. The third kappa shape index (κ3) is 3.75. The van der Waals surface area contributed by atoms with Gasteiger partial charge in [-0.1, -0.05) is 25.1 Å². The summed E-state index contributed by atoms with van der Waals surface area (Å²) in [5, 5.41) is 2.91. The molecule has 1 heterocycles. The fourth-order valence-corrected chi connectivity index (χ4v) is 4.46. The molecule has 1 aromatic rings. The van der Waals surface area contributed by atoms with Crippen LogP contribution in [-0.4, -0.2) is 43.4 Å². The van der Waals surface area contributed by atoms with Crippen LogP contribution < -0.4 is 5.32 Å². The predicted octanol–water partition coefficient (Wildman–Crippen LogP) is 2.29. The number of sulfone groups is 1. The summed E-state index contributed by atoms with van der Waals surface area (Å²) >= 11 is 0. The zero-order chi connectivity index (χ0) is 15.5. The van der Waals surface area contributed by atoms with Gasteiger partial charge in [0.2, 0.25) is 0 Å². The largest absolute Gasteiger partial charge is 0.322 e. The van der Waals surface area contributed by atoms with E-state index in [1.807, 2.05) is 38.1 Å². The number of carbonyl (C=O) groups excluding carboxylic acids is 1. The second-order valence-corrected chi connectivity index (χ2v) is 7.51. The monoisotopic (exact) mass is 310 g/mol. The fourth-order valence-electron chi connectivity index (χ4n) is 2.73. The van der Waals surface area contributed by atoms with Crippen molar-refractivity contribution in [2.24, 2.45) is 0 Å². The molecule has 116 valence electrons. The van der Waals surface area contributed by atoms with Crippen molar-refractivity contribution in [3.05, 3.63) is 29.8 Å². The highest BCUT2D eigenvalue weighted by atomic mass is 32.2. The fraction of sp³-hybridized carbons (Fsp3) is 0.533. The average molecular weight is 310 g/mol. The Labute approximate surface area is 126 Å². The molecule has 1 aromatic carbocycles. The number of aryl methyl sites for hydroxylation is 1. The van der Waals surface area contributed by atoms with Crippen LogP contribution in [0.4, 0.5) is 10.5 Å². The third-order valence-electron chi connectivity index (χ3n) is 3.89. The Kier molecular flexibility index (Phi) is 4.88. The Morgan fingerprint density at radius 1 is 1.33 bits per heavy atom. The van der Waals surface area contributed by atoms with Gasteiger partial charge in [-0.25, -0.2) is 13.2 Å². The highest BCUT2D eigenvalue weighted by Gasteiger charge is 2.34. The first-order valence-corrected chi connectivity index (χ1v) is 9.15. The highest BCUT2D eigenvalue weighted by molar-refractivity contribution is 7.91. The van der Waals surface area contributed by atoms with Crippen molar-refractivity contribution >= 4 is 21.6 Å². The normalized spacial score (nSPS) is 20.2. The summed E-state index contributed by atoms with van der Waals surface area (Å²) in [6.07, 6.45) is 1.36. The molecule has 2 rings (SSSR count). The molecule has 1 aliphatic heterocycles. The first-order valence-electron chi connectivity index (χ1n) is 7.32. The summed E-state index contributed by atoms with van der Waals surface area (Å²) in [5.74, 6) is 0.247. The number of carbonyl (C=O) groups is 1. The van der Waals surface area contributed by atoms with Crippen LogP contribution in [0.3, 0.4) is 0 Å². The number of urea groups is 1. The minimum Gasteiger partial charge on any atom is -0.321 e. The van der Waals surface area contributed by atoms with Crippen LogP contribution in [0, 0.1) is 0 Å². The molecule has 5 nitrogen and oxygen atoms in total. The molecule has 0 aromatic heterocycles. The van der Waals surface area contributed by atoms with Gasteiger partial charge in [0.1, 0.15) is 0 Å².